The molecule has 0 aliphatic carbocycles. The highest BCUT2D eigenvalue weighted by molar-refractivity contribution is 7.26. The van der Waals surface area contributed by atoms with Crippen LogP contribution in [0.25, 0.3) is 151 Å². The van der Waals surface area contributed by atoms with Crippen LogP contribution in [-0.4, -0.2) is 19.5 Å². The van der Waals surface area contributed by atoms with Gasteiger partial charge in [-0.1, -0.05) is 188 Å². The molecule has 0 amide bonds. The van der Waals surface area contributed by atoms with Crippen molar-refractivity contribution in [3.05, 3.63) is 260 Å². The summed E-state index contributed by atoms with van der Waals surface area (Å²) in [6.07, 6.45) is 0. The lowest BCUT2D eigenvalue weighted by atomic mass is 9.92. The number of rotatable bonds is 8. The van der Waals surface area contributed by atoms with Gasteiger partial charge in [0.05, 0.1) is 23.3 Å². The quantitative estimate of drug-likeness (QED) is 0.143. The highest BCUT2D eigenvalue weighted by Crippen LogP contribution is 2.47. The highest BCUT2D eigenvalue weighted by Gasteiger charge is 2.25. The van der Waals surface area contributed by atoms with Crippen LogP contribution in [0.4, 0.5) is 5.69 Å². The van der Waals surface area contributed by atoms with E-state index in [4.69, 9.17) is 21.5 Å². The zero-order valence-electron chi connectivity index (χ0n) is 41.2. The largest absolute Gasteiger partial charge is 0.308 e. The Morgan fingerprint density at radius 3 is 1.25 bits per heavy atom. The van der Waals surface area contributed by atoms with Crippen molar-refractivity contribution in [2.75, 3.05) is 0 Å². The molecule has 0 bridgehead atoms. The SMILES string of the molecule is [C-]#[N+]c1cc2c3cc(-c4ccccc4)ccc3n(-c3c(-c4ccccc4)cc(-c4nc(-c5ccc6c(c5)sc5ccccc56)nc(-c5ccc6c(c5)sc5ccccc56)n4)cc3-c3ccccc3)c2cc1-c1ccccc1. The molecule has 77 heavy (non-hydrogen) atoms. The molecule has 0 atom stereocenters. The van der Waals surface area contributed by atoms with Crippen molar-refractivity contribution >= 4 is 90.5 Å². The number of nitrogens with zero attached hydrogens (tertiary/aromatic N) is 5. The maximum Gasteiger partial charge on any atom is 0.195 e. The Balaban J connectivity index is 1.03. The lowest BCUT2D eigenvalue weighted by Gasteiger charge is -2.21. The minimum absolute atomic E-state index is 0.571. The van der Waals surface area contributed by atoms with Crippen molar-refractivity contribution in [3.8, 4) is 84.4 Å². The van der Waals surface area contributed by atoms with E-state index in [1.54, 1.807) is 22.7 Å². The molecule has 11 aromatic carbocycles. The maximum atomic E-state index is 8.52. The van der Waals surface area contributed by atoms with Crippen LogP contribution in [0.1, 0.15) is 0 Å². The first-order valence-corrected chi connectivity index (χ1v) is 27.2. The van der Waals surface area contributed by atoms with Gasteiger partial charge in [0, 0.05) is 73.5 Å². The monoisotopic (exact) mass is 1020 g/mol. The van der Waals surface area contributed by atoms with Crippen LogP contribution in [0.15, 0.2) is 249 Å². The van der Waals surface area contributed by atoms with Gasteiger partial charge in [0.1, 0.15) is 0 Å². The van der Waals surface area contributed by atoms with E-state index in [1.165, 1.54) is 40.3 Å². The van der Waals surface area contributed by atoms with Crippen molar-refractivity contribution in [2.24, 2.45) is 0 Å². The van der Waals surface area contributed by atoms with Crippen LogP contribution in [0.3, 0.4) is 0 Å². The first-order valence-electron chi connectivity index (χ1n) is 25.6. The smallest absolute Gasteiger partial charge is 0.195 e. The normalized spacial score (nSPS) is 11.6. The van der Waals surface area contributed by atoms with Gasteiger partial charge in [0.15, 0.2) is 23.2 Å². The van der Waals surface area contributed by atoms with Crippen molar-refractivity contribution < 1.29 is 0 Å². The molecule has 4 aromatic heterocycles. The topological polar surface area (TPSA) is 48.0 Å². The summed E-state index contributed by atoms with van der Waals surface area (Å²) in [7, 11) is 0. The number of benzene rings is 11. The molecule has 4 heterocycles. The minimum Gasteiger partial charge on any atom is -0.308 e. The van der Waals surface area contributed by atoms with E-state index >= 15 is 0 Å². The van der Waals surface area contributed by atoms with Gasteiger partial charge in [-0.25, -0.2) is 19.8 Å². The van der Waals surface area contributed by atoms with Gasteiger partial charge >= 0.3 is 0 Å². The van der Waals surface area contributed by atoms with E-state index < -0.39 is 0 Å². The standard InChI is InChI=1S/C70H41N5S2/c1-71-60-41-59-58-36-47(43-18-6-2-7-19-43)32-35-61(58)75(62(59)42-55(60)44-20-8-3-9-21-44)67-56(45-22-10-4-11-23-45)37-50(38-57(67)46-24-12-5-13-25-46)70-73-68(48-30-33-53-51-26-14-16-28-63(51)76-65(53)39-48)72-69(74-70)49-31-34-54-52-27-15-17-29-64(52)77-66(54)40-49/h2-42H. The molecule has 0 saturated heterocycles. The van der Waals surface area contributed by atoms with E-state index in [1.807, 2.05) is 18.2 Å². The average molecular weight is 1020 g/mol. The number of hydrogen-bond acceptors (Lipinski definition) is 5. The van der Waals surface area contributed by atoms with Gasteiger partial charge in [-0.3, -0.25) is 0 Å². The molecule has 0 spiro atoms. The summed E-state index contributed by atoms with van der Waals surface area (Å²) in [6, 6.07) is 88.2. The fraction of sp³-hybridized carbons (Fsp3) is 0. The van der Waals surface area contributed by atoms with Crippen molar-refractivity contribution in [1.82, 2.24) is 19.5 Å². The lowest BCUT2D eigenvalue weighted by Crippen LogP contribution is -2.04. The Morgan fingerprint density at radius 2 is 0.727 bits per heavy atom. The summed E-state index contributed by atoms with van der Waals surface area (Å²) in [5.74, 6) is 1.78. The van der Waals surface area contributed by atoms with E-state index in [-0.39, 0.29) is 0 Å². The van der Waals surface area contributed by atoms with E-state index in [0.29, 0.717) is 23.2 Å². The Labute approximate surface area is 451 Å². The Hall–Kier alpha value is -9.84. The third-order valence-electron chi connectivity index (χ3n) is 14.9. The van der Waals surface area contributed by atoms with Gasteiger partial charge in [0.2, 0.25) is 0 Å². The molecular formula is C70H41N5S2. The van der Waals surface area contributed by atoms with Crippen LogP contribution in [0.2, 0.25) is 0 Å². The summed E-state index contributed by atoms with van der Waals surface area (Å²) < 4.78 is 7.29. The summed E-state index contributed by atoms with van der Waals surface area (Å²) >= 11 is 3.58. The molecule has 15 rings (SSSR count). The number of thiophene rings is 2. The van der Waals surface area contributed by atoms with E-state index in [2.05, 4.69) is 240 Å². The molecule has 0 saturated carbocycles. The molecule has 0 fully saturated rings. The van der Waals surface area contributed by atoms with E-state index in [0.717, 1.165) is 88.7 Å². The summed E-state index contributed by atoms with van der Waals surface area (Å²) in [5.41, 5.74) is 14.5. The second-order valence-corrected chi connectivity index (χ2v) is 21.5. The summed E-state index contributed by atoms with van der Waals surface area (Å²) in [4.78, 5) is 20.5. The minimum atomic E-state index is 0.571. The van der Waals surface area contributed by atoms with Crippen LogP contribution < -0.4 is 0 Å². The van der Waals surface area contributed by atoms with Crippen LogP contribution in [0, 0.1) is 6.57 Å². The fourth-order valence-electron chi connectivity index (χ4n) is 11.2. The molecule has 0 aliphatic heterocycles. The van der Waals surface area contributed by atoms with Crippen molar-refractivity contribution in [1.29, 1.82) is 0 Å². The molecule has 7 heteroatoms. The second kappa shape index (κ2) is 18.2. The summed E-state index contributed by atoms with van der Waals surface area (Å²) in [6.45, 7) is 8.52. The molecule has 0 unspecified atom stereocenters. The Bertz CT molecular complexity index is 4670. The van der Waals surface area contributed by atoms with Crippen molar-refractivity contribution in [3.63, 3.8) is 0 Å². The van der Waals surface area contributed by atoms with Gasteiger partial charge in [-0.2, -0.15) is 0 Å². The van der Waals surface area contributed by atoms with Crippen LogP contribution >= 0.6 is 22.7 Å². The van der Waals surface area contributed by atoms with Gasteiger partial charge in [-0.15, -0.1) is 22.7 Å². The molecule has 5 nitrogen and oxygen atoms in total. The zero-order chi connectivity index (χ0) is 51.0. The molecule has 358 valence electrons. The molecule has 0 radical (unpaired) electrons. The third-order valence-corrected chi connectivity index (χ3v) is 17.1. The summed E-state index contributed by atoms with van der Waals surface area (Å²) in [5, 5.41) is 7.00. The molecule has 0 N–H and O–H groups in total. The molecule has 0 aliphatic rings. The number of fused-ring (bicyclic) bond motifs is 9. The van der Waals surface area contributed by atoms with Crippen LogP contribution in [-0.2, 0) is 0 Å². The number of aromatic nitrogens is 4. The fourth-order valence-corrected chi connectivity index (χ4v) is 13.5. The lowest BCUT2D eigenvalue weighted by molar-refractivity contribution is 1.07. The van der Waals surface area contributed by atoms with Crippen molar-refractivity contribution in [2.45, 2.75) is 0 Å². The Kier molecular flexibility index (Phi) is 10.6. The van der Waals surface area contributed by atoms with E-state index in [9.17, 15) is 0 Å². The van der Waals surface area contributed by atoms with Crippen LogP contribution in [0.5, 0.6) is 0 Å². The highest BCUT2D eigenvalue weighted by atomic mass is 32.1. The second-order valence-electron chi connectivity index (χ2n) is 19.4. The number of hydrogen-bond donors (Lipinski definition) is 0. The van der Waals surface area contributed by atoms with Gasteiger partial charge in [-0.05, 0) is 99.4 Å². The predicted octanol–water partition coefficient (Wildman–Crippen LogP) is 19.9. The Morgan fingerprint density at radius 1 is 0.299 bits per heavy atom. The third kappa shape index (κ3) is 7.61. The predicted molar refractivity (Wildman–Crippen MR) is 324 cm³/mol. The van der Waals surface area contributed by atoms with Gasteiger partial charge in [0.25, 0.3) is 0 Å². The molecular weight excluding hydrogens is 975 g/mol. The zero-order valence-corrected chi connectivity index (χ0v) is 42.9. The first-order chi connectivity index (χ1) is 38.1. The van der Waals surface area contributed by atoms with Gasteiger partial charge < -0.3 is 4.57 Å². The maximum absolute atomic E-state index is 8.52. The molecule has 15 aromatic rings. The average Bonchev–Trinajstić information content (AvgIpc) is 4.40. The first kappa shape index (κ1) is 44.6.